The Morgan fingerprint density at radius 2 is 1.85 bits per heavy atom. The van der Waals surface area contributed by atoms with Crippen LogP contribution in [0, 0.1) is 34.5 Å². The number of hydrogen-bond donors (Lipinski definition) is 3. The number of anilines is 2. The molecule has 1 saturated heterocycles. The lowest BCUT2D eigenvalue weighted by atomic mass is 9.48. The summed E-state index contributed by atoms with van der Waals surface area (Å²) in [6, 6.07) is 12.0. The summed E-state index contributed by atoms with van der Waals surface area (Å²) in [7, 11) is 0. The number of rotatable bonds is 9. The summed E-state index contributed by atoms with van der Waals surface area (Å²) in [5, 5.41) is 21.5. The molecule has 5 fully saturated rings. The van der Waals surface area contributed by atoms with Crippen LogP contribution >= 0.6 is 11.6 Å². The van der Waals surface area contributed by atoms with Crippen molar-refractivity contribution in [1.29, 1.82) is 5.26 Å². The summed E-state index contributed by atoms with van der Waals surface area (Å²) in [6.07, 6.45) is 10.8. The molecule has 7 rings (SSSR count). The smallest absolute Gasteiger partial charge is 0.224 e. The van der Waals surface area contributed by atoms with Gasteiger partial charge in [-0.25, -0.2) is 4.98 Å². The van der Waals surface area contributed by atoms with Gasteiger partial charge >= 0.3 is 0 Å². The molecule has 0 radical (unpaired) electrons. The quantitative estimate of drug-likeness (QED) is 0.372. The molecule has 4 saturated carbocycles. The van der Waals surface area contributed by atoms with Crippen LogP contribution in [-0.4, -0.2) is 52.6 Å². The van der Waals surface area contributed by atoms with E-state index in [1.165, 1.54) is 58.0 Å². The van der Waals surface area contributed by atoms with Crippen molar-refractivity contribution in [2.24, 2.45) is 23.2 Å². The fourth-order valence-electron chi connectivity index (χ4n) is 8.31. The number of nitrogens with zero attached hydrogens (tertiary/aromatic N) is 4. The van der Waals surface area contributed by atoms with Crippen LogP contribution < -0.4 is 16.0 Å². The van der Waals surface area contributed by atoms with Crippen LogP contribution in [0.5, 0.6) is 0 Å². The van der Waals surface area contributed by atoms with E-state index in [1.807, 2.05) is 24.3 Å². The molecule has 1 aromatic heterocycles. The number of benzene rings is 1. The molecule has 0 amide bonds. The van der Waals surface area contributed by atoms with Crippen molar-refractivity contribution < 1.29 is 0 Å². The maximum absolute atomic E-state index is 9.73. The van der Waals surface area contributed by atoms with Crippen LogP contribution in [0.2, 0.25) is 5.02 Å². The van der Waals surface area contributed by atoms with Gasteiger partial charge in [-0.2, -0.15) is 10.2 Å². The van der Waals surface area contributed by atoms with E-state index in [4.69, 9.17) is 16.6 Å². The number of piperidine rings is 1. The topological polar surface area (TPSA) is 88.9 Å². The molecule has 0 spiro atoms. The SMILES string of the molecule is CC(C)N1CCC(NC2[C@@H]3CC4C[C@H]2CC(CNc2nc(NCc5ccccc5Cl)ncc2C#N)(C4)C3)CC1. The number of aromatic nitrogens is 2. The fourth-order valence-corrected chi connectivity index (χ4v) is 8.51. The molecule has 4 bridgehead atoms. The molecule has 7 nitrogen and oxygen atoms in total. The Kier molecular flexibility index (Phi) is 7.72. The average molecular weight is 548 g/mol. The highest BCUT2D eigenvalue weighted by Crippen LogP contribution is 2.60. The van der Waals surface area contributed by atoms with Crippen molar-refractivity contribution in [3.05, 3.63) is 46.6 Å². The summed E-state index contributed by atoms with van der Waals surface area (Å²) in [4.78, 5) is 11.7. The summed E-state index contributed by atoms with van der Waals surface area (Å²) in [5.74, 6) is 3.54. The summed E-state index contributed by atoms with van der Waals surface area (Å²) >= 11 is 6.31. The van der Waals surface area contributed by atoms with Gasteiger partial charge in [0.1, 0.15) is 17.5 Å². The van der Waals surface area contributed by atoms with Crippen molar-refractivity contribution in [3.8, 4) is 6.07 Å². The maximum Gasteiger partial charge on any atom is 0.224 e. The van der Waals surface area contributed by atoms with Crippen LogP contribution in [-0.2, 0) is 6.54 Å². The van der Waals surface area contributed by atoms with Gasteiger partial charge in [-0.3, -0.25) is 0 Å². The van der Waals surface area contributed by atoms with E-state index >= 15 is 0 Å². The minimum atomic E-state index is 0.304. The summed E-state index contributed by atoms with van der Waals surface area (Å²) in [6.45, 7) is 8.50. The second kappa shape index (κ2) is 11.2. The van der Waals surface area contributed by atoms with E-state index in [2.05, 4.69) is 45.8 Å². The van der Waals surface area contributed by atoms with E-state index in [0.29, 0.717) is 52.4 Å². The van der Waals surface area contributed by atoms with Gasteiger partial charge in [0.25, 0.3) is 0 Å². The Hall–Kier alpha value is -2.40. The third kappa shape index (κ3) is 5.75. The average Bonchev–Trinajstić information content (AvgIpc) is 2.93. The van der Waals surface area contributed by atoms with Crippen molar-refractivity contribution in [3.63, 3.8) is 0 Å². The van der Waals surface area contributed by atoms with Crippen molar-refractivity contribution in [2.75, 3.05) is 30.3 Å². The molecule has 5 aliphatic rings. The van der Waals surface area contributed by atoms with E-state index in [0.717, 1.165) is 29.9 Å². The first kappa shape index (κ1) is 26.8. The molecule has 5 atom stereocenters. The monoisotopic (exact) mass is 547 g/mol. The Morgan fingerprint density at radius 1 is 1.10 bits per heavy atom. The molecular weight excluding hydrogens is 506 g/mol. The molecule has 8 heteroatoms. The van der Waals surface area contributed by atoms with Gasteiger partial charge in [0.2, 0.25) is 5.95 Å². The van der Waals surface area contributed by atoms with Gasteiger partial charge in [0, 0.05) is 36.2 Å². The second-order valence-corrected chi connectivity index (χ2v) is 13.3. The lowest BCUT2D eigenvalue weighted by Crippen LogP contribution is -2.62. The molecular formula is C31H42ClN7. The van der Waals surface area contributed by atoms with Crippen LogP contribution in [0.25, 0.3) is 0 Å². The van der Waals surface area contributed by atoms with Gasteiger partial charge < -0.3 is 20.9 Å². The van der Waals surface area contributed by atoms with E-state index in [1.54, 1.807) is 6.20 Å². The fraction of sp³-hybridized carbons (Fsp3) is 0.645. The van der Waals surface area contributed by atoms with Crippen LogP contribution in [0.1, 0.15) is 69.9 Å². The third-order valence-corrected chi connectivity index (χ3v) is 10.4. The van der Waals surface area contributed by atoms with Crippen LogP contribution in [0.4, 0.5) is 11.8 Å². The number of hydrogen-bond acceptors (Lipinski definition) is 7. The van der Waals surface area contributed by atoms with Gasteiger partial charge in [0.15, 0.2) is 0 Å². The number of likely N-dealkylation sites (tertiary alicyclic amines) is 1. The lowest BCUT2D eigenvalue weighted by Gasteiger charge is -2.61. The molecule has 1 aliphatic heterocycles. The van der Waals surface area contributed by atoms with E-state index in [9.17, 15) is 5.26 Å². The standard InChI is InChI=1S/C31H42ClN7/c1-20(2)39-9-7-26(8-10-39)37-28-23-11-21-12-24(28)15-31(13-21,14-23)19-36-29-25(16-33)18-35-30(38-29)34-17-22-5-3-4-6-27(22)32/h3-6,18,20-21,23-24,26,28,37H,7-15,17,19H2,1-2H3,(H2,34,35,36,38)/t21?,23-,24+,28?,31?. The molecule has 3 unspecified atom stereocenters. The highest BCUT2D eigenvalue weighted by atomic mass is 35.5. The molecule has 208 valence electrons. The molecule has 3 N–H and O–H groups in total. The van der Waals surface area contributed by atoms with Crippen LogP contribution in [0.3, 0.4) is 0 Å². The molecule has 4 aliphatic carbocycles. The zero-order chi connectivity index (χ0) is 27.0. The zero-order valence-corrected chi connectivity index (χ0v) is 24.1. The first-order chi connectivity index (χ1) is 18.9. The predicted octanol–water partition coefficient (Wildman–Crippen LogP) is 5.68. The molecule has 39 heavy (non-hydrogen) atoms. The van der Waals surface area contributed by atoms with Crippen LogP contribution in [0.15, 0.2) is 30.5 Å². The highest BCUT2D eigenvalue weighted by molar-refractivity contribution is 6.31. The third-order valence-electron chi connectivity index (χ3n) is 10.0. The van der Waals surface area contributed by atoms with Crippen molar-refractivity contribution in [1.82, 2.24) is 20.2 Å². The maximum atomic E-state index is 9.73. The minimum absolute atomic E-state index is 0.304. The predicted molar refractivity (Wildman–Crippen MR) is 157 cm³/mol. The number of nitriles is 1. The molecule has 2 aromatic rings. The first-order valence-corrected chi connectivity index (χ1v) is 15.3. The van der Waals surface area contributed by atoms with E-state index in [-0.39, 0.29) is 0 Å². The first-order valence-electron chi connectivity index (χ1n) is 14.9. The lowest BCUT2D eigenvalue weighted by molar-refractivity contribution is -0.0736. The molecule has 1 aromatic carbocycles. The minimum Gasteiger partial charge on any atom is -0.368 e. The van der Waals surface area contributed by atoms with Gasteiger partial charge in [-0.15, -0.1) is 0 Å². The highest BCUT2D eigenvalue weighted by Gasteiger charge is 2.55. The Labute approximate surface area is 238 Å². The normalized spacial score (nSPS) is 30.4. The largest absolute Gasteiger partial charge is 0.368 e. The van der Waals surface area contributed by atoms with Crippen molar-refractivity contribution >= 4 is 23.4 Å². The number of nitrogens with one attached hydrogen (secondary N) is 3. The van der Waals surface area contributed by atoms with E-state index < -0.39 is 0 Å². The van der Waals surface area contributed by atoms with Gasteiger partial charge in [-0.05, 0) is 107 Å². The second-order valence-electron chi connectivity index (χ2n) is 12.9. The Morgan fingerprint density at radius 3 is 2.54 bits per heavy atom. The summed E-state index contributed by atoms with van der Waals surface area (Å²) in [5.41, 5.74) is 1.79. The summed E-state index contributed by atoms with van der Waals surface area (Å²) < 4.78 is 0. The van der Waals surface area contributed by atoms with Gasteiger partial charge in [0.05, 0.1) is 6.20 Å². The zero-order valence-electron chi connectivity index (χ0n) is 23.3. The Bertz CT molecular complexity index is 1190. The number of halogens is 1. The molecule has 2 heterocycles. The Balaban J connectivity index is 1.08. The van der Waals surface area contributed by atoms with Crippen molar-refractivity contribution in [2.45, 2.75) is 83.5 Å². The van der Waals surface area contributed by atoms with Gasteiger partial charge in [-0.1, -0.05) is 29.8 Å².